The van der Waals surface area contributed by atoms with Gasteiger partial charge in [0.25, 0.3) is 0 Å². The Morgan fingerprint density at radius 1 is 1.15 bits per heavy atom. The average molecular weight is 424 g/mol. The Bertz CT molecular complexity index is 728. The van der Waals surface area contributed by atoms with E-state index >= 15 is 0 Å². The fourth-order valence-electron chi connectivity index (χ4n) is 2.92. The summed E-state index contributed by atoms with van der Waals surface area (Å²) in [5, 5.41) is 8.41. The molecule has 0 spiro atoms. The molecule has 1 aliphatic rings. The van der Waals surface area contributed by atoms with E-state index in [0.717, 1.165) is 46.1 Å². The van der Waals surface area contributed by atoms with Gasteiger partial charge in [-0.05, 0) is 37.5 Å². The lowest BCUT2D eigenvalue weighted by atomic mass is 10.2. The number of hydrogen-bond donors (Lipinski definition) is 0. The molecule has 0 unspecified atom stereocenters. The summed E-state index contributed by atoms with van der Waals surface area (Å²) in [5.74, 6) is 1.93. The van der Waals surface area contributed by atoms with Gasteiger partial charge in [0.2, 0.25) is 5.91 Å². The summed E-state index contributed by atoms with van der Waals surface area (Å²) < 4.78 is 6.98. The molecule has 1 fully saturated rings. The van der Waals surface area contributed by atoms with Crippen molar-refractivity contribution in [3.8, 4) is 5.75 Å². The Labute approximate surface area is 173 Å². The van der Waals surface area contributed by atoms with E-state index < -0.39 is 0 Å². The Morgan fingerprint density at radius 3 is 2.48 bits per heavy atom. The molecule has 146 valence electrons. The summed E-state index contributed by atoms with van der Waals surface area (Å²) in [5.41, 5.74) is 1.22. The summed E-state index contributed by atoms with van der Waals surface area (Å²) >= 11 is 4.76. The predicted octanol–water partition coefficient (Wildman–Crippen LogP) is 4.72. The molecule has 27 heavy (non-hydrogen) atoms. The number of likely N-dealkylation sites (tertiary alicyclic amines) is 1. The van der Waals surface area contributed by atoms with Gasteiger partial charge in [0.05, 0.1) is 12.4 Å². The summed E-state index contributed by atoms with van der Waals surface area (Å²) in [6, 6.07) is 8.05. The maximum atomic E-state index is 12.7. The summed E-state index contributed by atoms with van der Waals surface area (Å²) in [7, 11) is 1.67. The zero-order valence-electron chi connectivity index (χ0n) is 15.7. The van der Waals surface area contributed by atoms with E-state index in [9.17, 15) is 4.79 Å². The highest BCUT2D eigenvalue weighted by atomic mass is 32.2. The highest BCUT2D eigenvalue weighted by Gasteiger charge is 2.23. The van der Waals surface area contributed by atoms with Crippen LogP contribution in [-0.2, 0) is 10.5 Å². The largest absolute Gasteiger partial charge is 0.497 e. The van der Waals surface area contributed by atoms with Crippen molar-refractivity contribution >= 4 is 40.8 Å². The van der Waals surface area contributed by atoms with Crippen molar-refractivity contribution in [2.75, 3.05) is 20.2 Å². The van der Waals surface area contributed by atoms with Crippen LogP contribution in [0.4, 0.5) is 0 Å². The first-order chi connectivity index (χ1) is 13.2. The third kappa shape index (κ3) is 6.12. The molecule has 1 saturated heterocycles. The number of methoxy groups -OCH3 is 1. The van der Waals surface area contributed by atoms with Gasteiger partial charge in [-0.15, -0.1) is 10.2 Å². The number of nitrogens with zero attached hydrogens (tertiary/aromatic N) is 3. The molecule has 5 nitrogen and oxygen atoms in total. The minimum absolute atomic E-state index is 0.115. The van der Waals surface area contributed by atoms with Crippen LogP contribution in [0.1, 0.15) is 38.2 Å². The normalized spacial score (nSPS) is 16.0. The van der Waals surface area contributed by atoms with Crippen LogP contribution >= 0.6 is 34.9 Å². The second-order valence-corrected chi connectivity index (χ2v) is 10.3. The lowest BCUT2D eigenvalue weighted by Crippen LogP contribution is -2.37. The molecule has 0 aliphatic carbocycles. The van der Waals surface area contributed by atoms with E-state index in [2.05, 4.69) is 22.3 Å². The van der Waals surface area contributed by atoms with Crippen molar-refractivity contribution in [3.05, 3.63) is 29.8 Å². The van der Waals surface area contributed by atoms with Crippen molar-refractivity contribution in [2.24, 2.45) is 0 Å². The molecule has 1 aromatic carbocycles. The zero-order chi connectivity index (χ0) is 19.1. The van der Waals surface area contributed by atoms with Crippen LogP contribution in [0.3, 0.4) is 0 Å². The summed E-state index contributed by atoms with van der Waals surface area (Å²) in [6.45, 7) is 3.76. The predicted molar refractivity (Wildman–Crippen MR) is 113 cm³/mol. The third-order valence-corrected chi connectivity index (χ3v) is 7.75. The number of benzene rings is 1. The van der Waals surface area contributed by atoms with E-state index in [4.69, 9.17) is 4.74 Å². The van der Waals surface area contributed by atoms with Crippen LogP contribution in [0, 0.1) is 0 Å². The van der Waals surface area contributed by atoms with Gasteiger partial charge in [-0.25, -0.2) is 0 Å². The molecule has 1 aliphatic heterocycles. The molecule has 0 N–H and O–H groups in total. The van der Waals surface area contributed by atoms with E-state index in [-0.39, 0.29) is 11.2 Å². The van der Waals surface area contributed by atoms with Crippen molar-refractivity contribution in [1.29, 1.82) is 0 Å². The first-order valence-electron chi connectivity index (χ1n) is 9.20. The molecule has 0 radical (unpaired) electrons. The van der Waals surface area contributed by atoms with Gasteiger partial charge >= 0.3 is 0 Å². The quantitative estimate of drug-likeness (QED) is 0.601. The standard InChI is InChI=1S/C19H25N3O2S3/c1-14(17(23)22-11-5-3-4-6-12-22)26-19-21-20-18(27-19)25-13-15-7-9-16(24-2)10-8-15/h7-10,14H,3-6,11-13H2,1-2H3/t14-/m0/s1. The van der Waals surface area contributed by atoms with E-state index in [1.165, 1.54) is 30.2 Å². The van der Waals surface area contributed by atoms with Gasteiger partial charge in [0, 0.05) is 18.8 Å². The second kappa shape index (κ2) is 10.3. The Kier molecular flexibility index (Phi) is 7.84. The van der Waals surface area contributed by atoms with Crippen LogP contribution in [0.15, 0.2) is 32.9 Å². The zero-order valence-corrected chi connectivity index (χ0v) is 18.2. The van der Waals surface area contributed by atoms with Crippen LogP contribution in [0.2, 0.25) is 0 Å². The number of amides is 1. The first kappa shape index (κ1) is 20.5. The van der Waals surface area contributed by atoms with Crippen LogP contribution in [0.25, 0.3) is 0 Å². The number of hydrogen-bond acceptors (Lipinski definition) is 7. The van der Waals surface area contributed by atoms with Crippen LogP contribution in [-0.4, -0.2) is 46.5 Å². The number of carbonyl (C=O) groups excluding carboxylic acids is 1. The molecular formula is C19H25N3O2S3. The van der Waals surface area contributed by atoms with E-state index in [0.29, 0.717) is 0 Å². The lowest BCUT2D eigenvalue weighted by Gasteiger charge is -2.23. The maximum Gasteiger partial charge on any atom is 0.235 e. The molecule has 3 rings (SSSR count). The molecule has 2 heterocycles. The van der Waals surface area contributed by atoms with Gasteiger partial charge in [0.1, 0.15) is 5.75 Å². The van der Waals surface area contributed by atoms with Gasteiger partial charge in [-0.3, -0.25) is 4.79 Å². The van der Waals surface area contributed by atoms with E-state index in [1.54, 1.807) is 30.2 Å². The summed E-state index contributed by atoms with van der Waals surface area (Å²) in [4.78, 5) is 14.7. The fraction of sp³-hybridized carbons (Fsp3) is 0.526. The molecule has 0 bridgehead atoms. The molecule has 1 atom stereocenters. The van der Waals surface area contributed by atoms with Crippen molar-refractivity contribution in [1.82, 2.24) is 15.1 Å². The van der Waals surface area contributed by atoms with Crippen molar-refractivity contribution < 1.29 is 9.53 Å². The Morgan fingerprint density at radius 2 is 1.81 bits per heavy atom. The van der Waals surface area contributed by atoms with Gasteiger partial charge < -0.3 is 9.64 Å². The number of carbonyl (C=O) groups is 1. The number of ether oxygens (including phenoxy) is 1. The fourth-order valence-corrected chi connectivity index (χ4v) is 6.12. The number of thioether (sulfide) groups is 2. The van der Waals surface area contributed by atoms with Gasteiger partial charge in [-0.2, -0.15) is 0 Å². The molecule has 8 heteroatoms. The minimum Gasteiger partial charge on any atom is -0.497 e. The molecule has 1 aromatic heterocycles. The topological polar surface area (TPSA) is 55.3 Å². The SMILES string of the molecule is COc1ccc(CSc2nnc(S[C@@H](C)C(=O)N3CCCCCC3)s2)cc1. The van der Waals surface area contributed by atoms with Gasteiger partial charge in [-0.1, -0.05) is 59.8 Å². The Hall–Kier alpha value is -1.25. The summed E-state index contributed by atoms with van der Waals surface area (Å²) in [6.07, 6.45) is 4.70. The molecule has 1 amide bonds. The smallest absolute Gasteiger partial charge is 0.235 e. The van der Waals surface area contributed by atoms with Gasteiger partial charge in [0.15, 0.2) is 8.68 Å². The molecular weight excluding hydrogens is 398 g/mol. The molecule has 2 aromatic rings. The van der Waals surface area contributed by atoms with Crippen molar-refractivity contribution in [3.63, 3.8) is 0 Å². The first-order valence-corrected chi connectivity index (χ1v) is 11.9. The highest BCUT2D eigenvalue weighted by molar-refractivity contribution is 8.03. The lowest BCUT2D eigenvalue weighted by molar-refractivity contribution is -0.130. The maximum absolute atomic E-state index is 12.7. The van der Waals surface area contributed by atoms with Crippen LogP contribution in [0.5, 0.6) is 5.75 Å². The monoisotopic (exact) mass is 423 g/mol. The van der Waals surface area contributed by atoms with Crippen LogP contribution < -0.4 is 4.74 Å². The highest BCUT2D eigenvalue weighted by Crippen LogP contribution is 2.33. The third-order valence-electron chi connectivity index (χ3n) is 4.45. The minimum atomic E-state index is -0.115. The number of aromatic nitrogens is 2. The average Bonchev–Trinajstić information content (AvgIpc) is 2.96. The number of rotatable bonds is 7. The molecule has 0 saturated carbocycles. The second-order valence-electron chi connectivity index (χ2n) is 6.47. The Balaban J connectivity index is 1.49. The van der Waals surface area contributed by atoms with E-state index in [1.807, 2.05) is 24.0 Å². The van der Waals surface area contributed by atoms with Crippen molar-refractivity contribution in [2.45, 2.75) is 52.3 Å².